The first-order valence-corrected chi connectivity index (χ1v) is 24.7. The minimum Gasteiger partial charge on any atom is -0.459 e. The summed E-state index contributed by atoms with van der Waals surface area (Å²) in [5.74, 6) is 0.253. The summed E-state index contributed by atoms with van der Waals surface area (Å²) < 4.78 is 35.9. The van der Waals surface area contributed by atoms with E-state index in [1.165, 1.54) is 30.5 Å². The van der Waals surface area contributed by atoms with Crippen LogP contribution in [0.15, 0.2) is 120 Å². The average Bonchev–Trinajstić information content (AvgIpc) is 3.87. The third-order valence-corrected chi connectivity index (χ3v) is 14.8. The minimum absolute atomic E-state index is 0.0138. The molecule has 4 aliphatic rings. The van der Waals surface area contributed by atoms with Crippen molar-refractivity contribution in [3.05, 3.63) is 149 Å². The third kappa shape index (κ3) is 11.2. The maximum Gasteiger partial charge on any atom is 0.239 e. The number of fused-ring (bicyclic) bond motifs is 2. The van der Waals surface area contributed by atoms with Crippen LogP contribution in [0.1, 0.15) is 117 Å². The number of aliphatic hydroxyl groups is 2. The Morgan fingerprint density at radius 2 is 1.61 bits per heavy atom. The molecule has 67 heavy (non-hydrogen) atoms. The Hall–Kier alpha value is -5.29. The molecule has 0 unspecified atom stereocenters. The van der Waals surface area contributed by atoms with E-state index >= 15 is 4.79 Å². The first-order chi connectivity index (χ1) is 32.7. The molecule has 2 N–H and O–H groups in total. The summed E-state index contributed by atoms with van der Waals surface area (Å²) in [6, 6.07) is 27.8. The van der Waals surface area contributed by atoms with Crippen LogP contribution in [0, 0.1) is 43.3 Å². The molecule has 4 aromatic rings. The number of allylic oxidation sites excluding steroid dienone is 1. The smallest absolute Gasteiger partial charge is 0.239 e. The molecule has 2 fully saturated rings. The lowest BCUT2D eigenvalue weighted by Gasteiger charge is -2.60. The van der Waals surface area contributed by atoms with Crippen LogP contribution in [0.25, 0.3) is 0 Å². The molecular formula is C57H69FN2O7. The maximum atomic E-state index is 15.2. The molecule has 2 saturated carbocycles. The van der Waals surface area contributed by atoms with Crippen molar-refractivity contribution in [1.82, 2.24) is 4.90 Å². The SMILES string of the molecule is C=CCO[C@@]12Oc3ccc(Oc4ccc(C)c(C)c4)cc3[C@H]3[C@H](CCCCO)[C@@H](CCCCO)C=C(C(=NOCc4ccccc4)C[C@@H]1N(Cc1ccc(F)cc1)C(=O)CCC1CCCC1)[C@H]32. The first kappa shape index (κ1) is 48.2. The van der Waals surface area contributed by atoms with Crippen LogP contribution < -0.4 is 9.47 Å². The summed E-state index contributed by atoms with van der Waals surface area (Å²) in [7, 11) is 0. The van der Waals surface area contributed by atoms with Crippen LogP contribution in [-0.4, -0.2) is 58.4 Å². The van der Waals surface area contributed by atoms with E-state index in [0.29, 0.717) is 36.7 Å². The van der Waals surface area contributed by atoms with Crippen molar-refractivity contribution in [2.24, 2.45) is 28.8 Å². The third-order valence-electron chi connectivity index (χ3n) is 14.8. The van der Waals surface area contributed by atoms with E-state index in [-0.39, 0.29) is 68.9 Å². The molecule has 1 aliphatic heterocycles. The van der Waals surface area contributed by atoms with Crippen molar-refractivity contribution < 1.29 is 38.4 Å². The average molecular weight is 913 g/mol. The highest BCUT2D eigenvalue weighted by atomic mass is 19.1. The van der Waals surface area contributed by atoms with E-state index in [0.717, 1.165) is 84.2 Å². The number of oxime groups is 1. The number of hydrogen-bond acceptors (Lipinski definition) is 8. The van der Waals surface area contributed by atoms with Gasteiger partial charge in [0.15, 0.2) is 0 Å². The predicted octanol–water partition coefficient (Wildman–Crippen LogP) is 12.1. The molecule has 10 heteroatoms. The van der Waals surface area contributed by atoms with E-state index in [1.807, 2.05) is 53.4 Å². The molecule has 0 saturated heterocycles. The van der Waals surface area contributed by atoms with Gasteiger partial charge in [-0.3, -0.25) is 4.79 Å². The van der Waals surface area contributed by atoms with E-state index < -0.39 is 17.7 Å². The van der Waals surface area contributed by atoms with E-state index in [2.05, 4.69) is 44.7 Å². The summed E-state index contributed by atoms with van der Waals surface area (Å²) in [6.45, 7) is 9.10. The van der Waals surface area contributed by atoms with E-state index in [1.54, 1.807) is 18.2 Å². The summed E-state index contributed by atoms with van der Waals surface area (Å²) in [5, 5.41) is 25.1. The van der Waals surface area contributed by atoms with Gasteiger partial charge in [0.2, 0.25) is 11.7 Å². The summed E-state index contributed by atoms with van der Waals surface area (Å²) in [6.07, 6.45) is 14.8. The van der Waals surface area contributed by atoms with Crippen molar-refractivity contribution in [2.45, 2.75) is 128 Å². The standard InChI is InChI=1S/C57H69FN2O7/c1-4-32-64-57-53(60(37-42-21-24-45(58)25-22-42)54(63)29-23-41-14-8-9-15-41)36-51(59-65-38-43-16-6-5-7-17-43)49-34-44(18-10-12-30-61)48(19-11-13-31-62)55(56(49)57)50-35-47(27-28-52(50)67-57)66-46-26-20-39(2)40(3)33-46/h4-7,16-17,20-22,24-28,33-35,41,44,48,53,55-56,61-62H,1,8-15,18-19,23,29-32,36-38H2,2-3H3/t44-,48+,53-,55+,56+,57+/m0/s1. The normalized spacial score (nSPS) is 23.7. The summed E-state index contributed by atoms with van der Waals surface area (Å²) in [4.78, 5) is 23.5. The number of rotatable bonds is 22. The fourth-order valence-electron chi connectivity index (χ4n) is 11.3. The second-order valence-electron chi connectivity index (χ2n) is 19.2. The molecule has 3 aliphatic carbocycles. The van der Waals surface area contributed by atoms with Crippen molar-refractivity contribution >= 4 is 11.6 Å². The molecular weight excluding hydrogens is 844 g/mol. The molecule has 1 amide bonds. The zero-order chi connectivity index (χ0) is 46.8. The topological polar surface area (TPSA) is 110 Å². The van der Waals surface area contributed by atoms with Crippen LogP contribution in [0.3, 0.4) is 0 Å². The lowest BCUT2D eigenvalue weighted by molar-refractivity contribution is -0.258. The van der Waals surface area contributed by atoms with Crippen molar-refractivity contribution in [3.63, 3.8) is 0 Å². The Morgan fingerprint density at radius 1 is 0.881 bits per heavy atom. The second-order valence-corrected chi connectivity index (χ2v) is 19.2. The Morgan fingerprint density at radius 3 is 2.34 bits per heavy atom. The molecule has 4 aromatic carbocycles. The molecule has 8 rings (SSSR count). The number of nitrogens with zero attached hydrogens (tertiary/aromatic N) is 2. The number of carbonyl (C=O) groups is 1. The molecule has 0 aromatic heterocycles. The second kappa shape index (κ2) is 22.7. The van der Waals surface area contributed by atoms with Crippen molar-refractivity contribution in [2.75, 3.05) is 19.8 Å². The highest BCUT2D eigenvalue weighted by Crippen LogP contribution is 2.62. The van der Waals surface area contributed by atoms with Crippen LogP contribution >= 0.6 is 0 Å². The number of carbonyl (C=O) groups excluding carboxylic acids is 1. The highest BCUT2D eigenvalue weighted by molar-refractivity contribution is 6.03. The van der Waals surface area contributed by atoms with Gasteiger partial charge in [-0.2, -0.15) is 0 Å². The molecule has 6 atom stereocenters. The number of aryl methyl sites for hydroxylation is 2. The number of unbranched alkanes of at least 4 members (excludes halogenated alkanes) is 2. The number of ether oxygens (including phenoxy) is 3. The first-order valence-electron chi connectivity index (χ1n) is 24.7. The monoisotopic (exact) mass is 913 g/mol. The van der Waals surface area contributed by atoms with Crippen LogP contribution in [0.2, 0.25) is 0 Å². The summed E-state index contributed by atoms with van der Waals surface area (Å²) in [5.41, 5.74) is 6.79. The molecule has 1 heterocycles. The molecule has 0 spiro atoms. The zero-order valence-corrected chi connectivity index (χ0v) is 39.4. The van der Waals surface area contributed by atoms with E-state index in [4.69, 9.17) is 24.2 Å². The van der Waals surface area contributed by atoms with Crippen molar-refractivity contribution in [3.8, 4) is 17.2 Å². The van der Waals surface area contributed by atoms with Gasteiger partial charge in [-0.15, -0.1) is 6.58 Å². The number of halogens is 1. The molecule has 9 nitrogen and oxygen atoms in total. The quantitative estimate of drug-likeness (QED) is 0.0459. The Bertz CT molecular complexity index is 2340. The molecule has 0 bridgehead atoms. The van der Waals surface area contributed by atoms with Gasteiger partial charge in [-0.25, -0.2) is 4.39 Å². The van der Waals surface area contributed by atoms with Gasteiger partial charge >= 0.3 is 0 Å². The number of hydrogen-bond donors (Lipinski definition) is 2. The van der Waals surface area contributed by atoms with E-state index in [9.17, 15) is 14.6 Å². The summed E-state index contributed by atoms with van der Waals surface area (Å²) >= 11 is 0. The Labute approximate surface area is 396 Å². The Balaban J connectivity index is 1.32. The fourth-order valence-corrected chi connectivity index (χ4v) is 11.3. The van der Waals surface area contributed by atoms with Gasteiger partial charge in [-0.05, 0) is 134 Å². The maximum absolute atomic E-state index is 15.2. The van der Waals surface area contributed by atoms with Gasteiger partial charge in [0, 0.05) is 44.1 Å². The highest BCUT2D eigenvalue weighted by Gasteiger charge is 2.65. The van der Waals surface area contributed by atoms with Crippen LogP contribution in [-0.2, 0) is 27.5 Å². The predicted molar refractivity (Wildman–Crippen MR) is 260 cm³/mol. The Kier molecular flexibility index (Phi) is 16.3. The number of benzene rings is 4. The minimum atomic E-state index is -1.42. The van der Waals surface area contributed by atoms with Gasteiger partial charge < -0.3 is 34.2 Å². The lowest BCUT2D eigenvalue weighted by atomic mass is 9.55. The van der Waals surface area contributed by atoms with Crippen LogP contribution in [0.5, 0.6) is 17.2 Å². The van der Waals surface area contributed by atoms with Crippen molar-refractivity contribution in [1.29, 1.82) is 0 Å². The molecule has 0 radical (unpaired) electrons. The lowest BCUT2D eigenvalue weighted by Crippen LogP contribution is -2.70. The van der Waals surface area contributed by atoms with Gasteiger partial charge in [-0.1, -0.05) is 104 Å². The number of aliphatic hydroxyl groups excluding tert-OH is 2. The zero-order valence-electron chi connectivity index (χ0n) is 39.4. The molecule has 356 valence electrons. The van der Waals surface area contributed by atoms with Gasteiger partial charge in [0.1, 0.15) is 35.7 Å². The van der Waals surface area contributed by atoms with Gasteiger partial charge in [0.25, 0.3) is 0 Å². The van der Waals surface area contributed by atoms with Gasteiger partial charge in [0.05, 0.1) is 18.2 Å². The largest absolute Gasteiger partial charge is 0.459 e. The fraction of sp³-hybridized carbons (Fsp3) is 0.474. The number of amides is 1. The van der Waals surface area contributed by atoms with Crippen LogP contribution in [0.4, 0.5) is 4.39 Å².